The van der Waals surface area contributed by atoms with Crippen LogP contribution in [0.5, 0.6) is 0 Å². The zero-order valence-corrected chi connectivity index (χ0v) is 11.2. The van der Waals surface area contributed by atoms with Crippen molar-refractivity contribution < 1.29 is 18.3 Å². The Labute approximate surface area is 107 Å². The van der Waals surface area contributed by atoms with Crippen LogP contribution >= 0.6 is 0 Å². The normalized spacial score (nSPS) is 13.2. The summed E-state index contributed by atoms with van der Waals surface area (Å²) in [6, 6.07) is 5.30. The maximum absolute atomic E-state index is 11.9. The molecule has 0 aliphatic rings. The van der Waals surface area contributed by atoms with Gasteiger partial charge in [-0.2, -0.15) is 4.72 Å². The molecule has 0 saturated carbocycles. The minimum absolute atomic E-state index is 0.0828. The van der Waals surface area contributed by atoms with Gasteiger partial charge in [0.2, 0.25) is 10.0 Å². The van der Waals surface area contributed by atoms with Gasteiger partial charge in [-0.1, -0.05) is 26.0 Å². The fraction of sp³-hybridized carbons (Fsp3) is 0.417. The molecule has 0 heterocycles. The third-order valence-electron chi connectivity index (χ3n) is 2.65. The summed E-state index contributed by atoms with van der Waals surface area (Å²) >= 11 is 0. The van der Waals surface area contributed by atoms with E-state index in [1.165, 1.54) is 12.1 Å². The molecule has 0 spiro atoms. The molecule has 0 aliphatic heterocycles. The molecule has 2 N–H and O–H groups in total. The lowest BCUT2D eigenvalue weighted by Crippen LogP contribution is -2.40. The highest BCUT2D eigenvalue weighted by atomic mass is 32.2. The van der Waals surface area contributed by atoms with Crippen LogP contribution in [0.1, 0.15) is 25.8 Å². The quantitative estimate of drug-likeness (QED) is 0.819. The molecule has 1 aromatic carbocycles. The summed E-state index contributed by atoms with van der Waals surface area (Å²) in [7, 11) is -3.77. The van der Waals surface area contributed by atoms with Crippen molar-refractivity contribution in [3.63, 3.8) is 0 Å². The summed E-state index contributed by atoms with van der Waals surface area (Å²) in [5.41, 5.74) is 1.03. The van der Waals surface area contributed by atoms with Crippen LogP contribution in [0.25, 0.3) is 0 Å². The van der Waals surface area contributed by atoms with Crippen molar-refractivity contribution in [3.05, 3.63) is 29.8 Å². The molecule has 0 amide bonds. The van der Waals surface area contributed by atoms with Crippen molar-refractivity contribution >= 4 is 16.0 Å². The lowest BCUT2D eigenvalue weighted by molar-refractivity contribution is -0.139. The van der Waals surface area contributed by atoms with Gasteiger partial charge in [-0.25, -0.2) is 8.42 Å². The predicted octanol–water partition coefficient (Wildman–Crippen LogP) is 1.39. The first-order valence-electron chi connectivity index (χ1n) is 5.74. The van der Waals surface area contributed by atoms with Crippen molar-refractivity contribution in [2.75, 3.05) is 0 Å². The van der Waals surface area contributed by atoms with E-state index in [9.17, 15) is 13.2 Å². The minimum Gasteiger partial charge on any atom is -0.480 e. The van der Waals surface area contributed by atoms with E-state index >= 15 is 0 Å². The standard InChI is InChI=1S/C12H17NO4S/c1-3-9-5-7-10(8-6-9)18(16,17)13-11(4-2)12(14)15/h5-8,11,13H,3-4H2,1-2H3,(H,14,15). The Morgan fingerprint density at radius 3 is 2.22 bits per heavy atom. The van der Waals surface area contributed by atoms with Crippen molar-refractivity contribution in [3.8, 4) is 0 Å². The maximum atomic E-state index is 11.9. The Morgan fingerprint density at radius 2 is 1.83 bits per heavy atom. The van der Waals surface area contributed by atoms with Gasteiger partial charge >= 0.3 is 5.97 Å². The third kappa shape index (κ3) is 3.54. The molecule has 6 heteroatoms. The SMILES string of the molecule is CCc1ccc(S(=O)(=O)NC(CC)C(=O)O)cc1. The van der Waals surface area contributed by atoms with Gasteiger partial charge in [-0.05, 0) is 30.5 Å². The van der Waals surface area contributed by atoms with Crippen molar-refractivity contribution in [2.24, 2.45) is 0 Å². The van der Waals surface area contributed by atoms with Gasteiger partial charge in [0.1, 0.15) is 6.04 Å². The predicted molar refractivity (Wildman–Crippen MR) is 67.9 cm³/mol. The Balaban J connectivity index is 2.95. The third-order valence-corrected chi connectivity index (χ3v) is 4.13. The molecule has 1 aromatic rings. The summed E-state index contributed by atoms with van der Waals surface area (Å²) in [5.74, 6) is -1.17. The molecular weight excluding hydrogens is 254 g/mol. The van der Waals surface area contributed by atoms with Crippen molar-refractivity contribution in [1.82, 2.24) is 4.72 Å². The van der Waals surface area contributed by atoms with Gasteiger partial charge < -0.3 is 5.11 Å². The van der Waals surface area contributed by atoms with E-state index in [-0.39, 0.29) is 11.3 Å². The van der Waals surface area contributed by atoms with Gasteiger partial charge in [0.15, 0.2) is 0 Å². The minimum atomic E-state index is -3.77. The fourth-order valence-electron chi connectivity index (χ4n) is 1.47. The monoisotopic (exact) mass is 271 g/mol. The van der Waals surface area contributed by atoms with Crippen LogP contribution in [0.3, 0.4) is 0 Å². The molecule has 100 valence electrons. The Bertz CT molecular complexity index is 507. The van der Waals surface area contributed by atoms with Crippen LogP contribution in [0.15, 0.2) is 29.2 Å². The number of carbonyl (C=O) groups is 1. The number of sulfonamides is 1. The molecular formula is C12H17NO4S. The van der Waals surface area contributed by atoms with E-state index < -0.39 is 22.0 Å². The molecule has 1 rings (SSSR count). The van der Waals surface area contributed by atoms with E-state index in [1.807, 2.05) is 6.92 Å². The number of nitrogens with one attached hydrogen (secondary N) is 1. The molecule has 5 nitrogen and oxygen atoms in total. The number of rotatable bonds is 6. The lowest BCUT2D eigenvalue weighted by Gasteiger charge is -2.12. The summed E-state index contributed by atoms with van der Waals surface area (Å²) in [5, 5.41) is 8.84. The molecule has 0 bridgehead atoms. The first-order chi connectivity index (χ1) is 8.40. The number of carboxylic acid groups (broad SMARTS) is 1. The number of benzene rings is 1. The smallest absolute Gasteiger partial charge is 0.321 e. The van der Waals surface area contributed by atoms with E-state index in [0.29, 0.717) is 0 Å². The zero-order valence-electron chi connectivity index (χ0n) is 10.4. The van der Waals surface area contributed by atoms with E-state index in [2.05, 4.69) is 4.72 Å². The van der Waals surface area contributed by atoms with Crippen LogP contribution < -0.4 is 4.72 Å². The Kier molecular flexibility index (Phi) is 4.86. The van der Waals surface area contributed by atoms with Crippen LogP contribution in [0.2, 0.25) is 0 Å². The zero-order chi connectivity index (χ0) is 13.8. The van der Waals surface area contributed by atoms with Gasteiger partial charge in [0.25, 0.3) is 0 Å². The number of aliphatic carboxylic acids is 1. The molecule has 1 unspecified atom stereocenters. The number of hydrogen-bond donors (Lipinski definition) is 2. The highest BCUT2D eigenvalue weighted by Crippen LogP contribution is 2.12. The number of hydrogen-bond acceptors (Lipinski definition) is 3. The van der Waals surface area contributed by atoms with E-state index in [0.717, 1.165) is 12.0 Å². The highest BCUT2D eigenvalue weighted by molar-refractivity contribution is 7.89. The van der Waals surface area contributed by atoms with Crippen LogP contribution in [0.4, 0.5) is 0 Å². The van der Waals surface area contributed by atoms with Gasteiger partial charge in [-0.15, -0.1) is 0 Å². The summed E-state index contributed by atoms with van der Waals surface area (Å²) in [6.07, 6.45) is 1.02. The van der Waals surface area contributed by atoms with Crippen molar-refractivity contribution in [2.45, 2.75) is 37.6 Å². The average Bonchev–Trinajstić information content (AvgIpc) is 2.35. The topological polar surface area (TPSA) is 83.5 Å². The lowest BCUT2D eigenvalue weighted by atomic mass is 10.2. The molecule has 1 atom stereocenters. The molecule has 0 aliphatic carbocycles. The number of aryl methyl sites for hydroxylation is 1. The van der Waals surface area contributed by atoms with Crippen LogP contribution in [-0.4, -0.2) is 25.5 Å². The van der Waals surface area contributed by atoms with Gasteiger partial charge in [0.05, 0.1) is 4.90 Å². The molecule has 0 radical (unpaired) electrons. The second kappa shape index (κ2) is 5.97. The second-order valence-corrected chi connectivity index (χ2v) is 5.63. The maximum Gasteiger partial charge on any atom is 0.321 e. The van der Waals surface area contributed by atoms with E-state index in [4.69, 9.17) is 5.11 Å². The first kappa shape index (κ1) is 14.7. The first-order valence-corrected chi connectivity index (χ1v) is 7.23. The molecule has 18 heavy (non-hydrogen) atoms. The van der Waals surface area contributed by atoms with Gasteiger partial charge in [-0.3, -0.25) is 4.79 Å². The summed E-state index contributed by atoms with van der Waals surface area (Å²) < 4.78 is 26.0. The summed E-state index contributed by atoms with van der Waals surface area (Å²) in [6.45, 7) is 3.58. The highest BCUT2D eigenvalue weighted by Gasteiger charge is 2.23. The Hall–Kier alpha value is -1.40. The molecule has 0 saturated heterocycles. The second-order valence-electron chi connectivity index (χ2n) is 3.92. The van der Waals surface area contributed by atoms with Crippen LogP contribution in [-0.2, 0) is 21.2 Å². The molecule has 0 fully saturated rings. The van der Waals surface area contributed by atoms with Crippen LogP contribution in [0, 0.1) is 0 Å². The Morgan fingerprint density at radius 1 is 1.28 bits per heavy atom. The number of carboxylic acids is 1. The fourth-order valence-corrected chi connectivity index (χ4v) is 2.74. The largest absolute Gasteiger partial charge is 0.480 e. The average molecular weight is 271 g/mol. The van der Waals surface area contributed by atoms with Gasteiger partial charge in [0, 0.05) is 0 Å². The van der Waals surface area contributed by atoms with Crippen molar-refractivity contribution in [1.29, 1.82) is 0 Å². The molecule has 0 aromatic heterocycles. The summed E-state index contributed by atoms with van der Waals surface area (Å²) in [4.78, 5) is 10.9. The van der Waals surface area contributed by atoms with E-state index in [1.54, 1.807) is 19.1 Å².